The van der Waals surface area contributed by atoms with Crippen LogP contribution in [0.1, 0.15) is 31.1 Å². The van der Waals surface area contributed by atoms with Gasteiger partial charge < -0.3 is 15.0 Å². The number of hydrogen-bond donors (Lipinski definition) is 1. The first kappa shape index (κ1) is 10.1. The van der Waals surface area contributed by atoms with Crippen LogP contribution in [-0.2, 0) is 11.2 Å². The number of ether oxygens (including phenoxy) is 1. The number of rotatable bonds is 5. The number of aromatic nitrogens is 2. The SMILES string of the molecule is CC[C@H](N)c1nc(CCOC)no1. The molecule has 13 heavy (non-hydrogen) atoms. The average Bonchev–Trinajstić information content (AvgIpc) is 2.62. The molecule has 0 bridgehead atoms. The lowest BCUT2D eigenvalue weighted by atomic mass is 10.2. The van der Waals surface area contributed by atoms with Crippen molar-refractivity contribution in [2.24, 2.45) is 5.73 Å². The van der Waals surface area contributed by atoms with Crippen LogP contribution in [0.5, 0.6) is 0 Å². The van der Waals surface area contributed by atoms with Crippen molar-refractivity contribution in [3.8, 4) is 0 Å². The van der Waals surface area contributed by atoms with Crippen LogP contribution in [0.4, 0.5) is 0 Å². The van der Waals surface area contributed by atoms with E-state index in [9.17, 15) is 0 Å². The van der Waals surface area contributed by atoms with Crippen LogP contribution in [0.15, 0.2) is 4.52 Å². The topological polar surface area (TPSA) is 74.2 Å². The van der Waals surface area contributed by atoms with Crippen LogP contribution in [0.3, 0.4) is 0 Å². The third-order valence-corrected chi connectivity index (χ3v) is 1.77. The Kier molecular flexibility index (Phi) is 3.85. The van der Waals surface area contributed by atoms with Crippen LogP contribution in [0.2, 0.25) is 0 Å². The van der Waals surface area contributed by atoms with E-state index >= 15 is 0 Å². The summed E-state index contributed by atoms with van der Waals surface area (Å²) >= 11 is 0. The van der Waals surface area contributed by atoms with Crippen molar-refractivity contribution in [3.63, 3.8) is 0 Å². The third-order valence-electron chi connectivity index (χ3n) is 1.77. The second-order valence-corrected chi connectivity index (χ2v) is 2.81. The molecule has 0 amide bonds. The highest BCUT2D eigenvalue weighted by molar-refractivity contribution is 4.91. The second kappa shape index (κ2) is 4.94. The summed E-state index contributed by atoms with van der Waals surface area (Å²) in [5.41, 5.74) is 5.71. The summed E-state index contributed by atoms with van der Waals surface area (Å²) in [4.78, 5) is 4.14. The predicted octanol–water partition coefficient (Wildman–Crippen LogP) is 0.668. The van der Waals surface area contributed by atoms with E-state index in [4.69, 9.17) is 15.0 Å². The van der Waals surface area contributed by atoms with E-state index in [1.165, 1.54) is 0 Å². The molecular formula is C8H15N3O2. The molecule has 1 rings (SSSR count). The Balaban J connectivity index is 2.53. The van der Waals surface area contributed by atoms with Gasteiger partial charge in [0.15, 0.2) is 5.82 Å². The summed E-state index contributed by atoms with van der Waals surface area (Å²) in [7, 11) is 1.64. The molecule has 0 fully saturated rings. The fraction of sp³-hybridized carbons (Fsp3) is 0.750. The fourth-order valence-electron chi connectivity index (χ4n) is 0.888. The van der Waals surface area contributed by atoms with Gasteiger partial charge >= 0.3 is 0 Å². The van der Waals surface area contributed by atoms with Crippen LogP contribution in [0.25, 0.3) is 0 Å². The molecule has 1 atom stereocenters. The average molecular weight is 185 g/mol. The highest BCUT2D eigenvalue weighted by atomic mass is 16.5. The Morgan fingerprint density at radius 2 is 2.38 bits per heavy atom. The Labute approximate surface area is 77.3 Å². The molecule has 0 saturated heterocycles. The summed E-state index contributed by atoms with van der Waals surface area (Å²) in [5.74, 6) is 1.16. The molecule has 1 aromatic rings. The van der Waals surface area contributed by atoms with Gasteiger partial charge in [-0.15, -0.1) is 0 Å². The molecule has 1 heterocycles. The quantitative estimate of drug-likeness (QED) is 0.729. The summed E-state index contributed by atoms with van der Waals surface area (Å²) in [5, 5.41) is 3.78. The van der Waals surface area contributed by atoms with Gasteiger partial charge in [-0.05, 0) is 6.42 Å². The maximum absolute atomic E-state index is 5.71. The number of methoxy groups -OCH3 is 1. The Morgan fingerprint density at radius 1 is 1.62 bits per heavy atom. The van der Waals surface area contributed by atoms with Gasteiger partial charge in [0.25, 0.3) is 0 Å². The maximum atomic E-state index is 5.71. The summed E-state index contributed by atoms with van der Waals surface area (Å²) in [6.45, 7) is 2.57. The minimum absolute atomic E-state index is 0.149. The van der Waals surface area contributed by atoms with Crippen molar-refractivity contribution in [1.82, 2.24) is 10.1 Å². The molecule has 0 aromatic carbocycles. The minimum Gasteiger partial charge on any atom is -0.384 e. The van der Waals surface area contributed by atoms with E-state index in [-0.39, 0.29) is 6.04 Å². The highest BCUT2D eigenvalue weighted by Crippen LogP contribution is 2.10. The van der Waals surface area contributed by atoms with Gasteiger partial charge in [0.2, 0.25) is 5.89 Å². The van der Waals surface area contributed by atoms with E-state index in [1.807, 2.05) is 6.92 Å². The normalized spacial score (nSPS) is 13.2. The zero-order valence-corrected chi connectivity index (χ0v) is 7.99. The van der Waals surface area contributed by atoms with Crippen molar-refractivity contribution < 1.29 is 9.26 Å². The molecule has 0 radical (unpaired) electrons. The number of nitrogens with zero attached hydrogens (tertiary/aromatic N) is 2. The summed E-state index contributed by atoms with van der Waals surface area (Å²) < 4.78 is 9.86. The molecule has 0 aliphatic heterocycles. The molecule has 0 unspecified atom stereocenters. The fourth-order valence-corrected chi connectivity index (χ4v) is 0.888. The van der Waals surface area contributed by atoms with Gasteiger partial charge in [0, 0.05) is 13.5 Å². The summed E-state index contributed by atoms with van der Waals surface area (Å²) in [6, 6.07) is -0.149. The Bertz CT molecular complexity index is 249. The van der Waals surface area contributed by atoms with Crippen molar-refractivity contribution in [2.75, 3.05) is 13.7 Å². The molecule has 0 aliphatic carbocycles. The van der Waals surface area contributed by atoms with Crippen LogP contribution >= 0.6 is 0 Å². The highest BCUT2D eigenvalue weighted by Gasteiger charge is 2.11. The first-order chi connectivity index (χ1) is 6.27. The van der Waals surface area contributed by atoms with Crippen molar-refractivity contribution in [2.45, 2.75) is 25.8 Å². The van der Waals surface area contributed by atoms with Crippen molar-refractivity contribution in [3.05, 3.63) is 11.7 Å². The molecule has 74 valence electrons. The largest absolute Gasteiger partial charge is 0.384 e. The van der Waals surface area contributed by atoms with Gasteiger partial charge in [0.1, 0.15) is 0 Å². The zero-order valence-electron chi connectivity index (χ0n) is 7.99. The minimum atomic E-state index is -0.149. The Morgan fingerprint density at radius 3 is 3.00 bits per heavy atom. The first-order valence-corrected chi connectivity index (χ1v) is 4.35. The standard InChI is InChI=1S/C8H15N3O2/c1-3-6(9)8-10-7(11-13-8)4-5-12-2/h6H,3-5,9H2,1-2H3/t6-/m0/s1. The zero-order chi connectivity index (χ0) is 9.68. The number of nitrogens with two attached hydrogens (primary N) is 1. The van der Waals surface area contributed by atoms with Crippen LogP contribution in [0, 0.1) is 0 Å². The van der Waals surface area contributed by atoms with Crippen LogP contribution in [-0.4, -0.2) is 23.9 Å². The van der Waals surface area contributed by atoms with Gasteiger partial charge in [-0.25, -0.2) is 0 Å². The summed E-state index contributed by atoms with van der Waals surface area (Å²) in [6.07, 6.45) is 1.46. The van der Waals surface area contributed by atoms with Crippen molar-refractivity contribution in [1.29, 1.82) is 0 Å². The third kappa shape index (κ3) is 2.78. The number of hydrogen-bond acceptors (Lipinski definition) is 5. The molecule has 0 saturated carbocycles. The molecular weight excluding hydrogens is 170 g/mol. The van der Waals surface area contributed by atoms with Crippen molar-refractivity contribution >= 4 is 0 Å². The second-order valence-electron chi connectivity index (χ2n) is 2.81. The smallest absolute Gasteiger partial charge is 0.243 e. The molecule has 0 spiro atoms. The molecule has 1 aromatic heterocycles. The molecule has 5 nitrogen and oxygen atoms in total. The van der Waals surface area contributed by atoms with E-state index < -0.39 is 0 Å². The van der Waals surface area contributed by atoms with E-state index in [0.717, 1.165) is 6.42 Å². The monoisotopic (exact) mass is 185 g/mol. The molecule has 5 heteroatoms. The van der Waals surface area contributed by atoms with E-state index in [2.05, 4.69) is 10.1 Å². The predicted molar refractivity (Wildman–Crippen MR) is 47.1 cm³/mol. The lowest BCUT2D eigenvalue weighted by molar-refractivity contribution is 0.199. The first-order valence-electron chi connectivity index (χ1n) is 4.35. The molecule has 2 N–H and O–H groups in total. The van der Waals surface area contributed by atoms with Gasteiger partial charge in [-0.2, -0.15) is 4.98 Å². The van der Waals surface area contributed by atoms with E-state index in [0.29, 0.717) is 24.7 Å². The molecule has 0 aliphatic rings. The maximum Gasteiger partial charge on any atom is 0.243 e. The van der Waals surface area contributed by atoms with Crippen LogP contribution < -0.4 is 5.73 Å². The van der Waals surface area contributed by atoms with E-state index in [1.54, 1.807) is 7.11 Å². The van der Waals surface area contributed by atoms with Gasteiger partial charge in [0.05, 0.1) is 12.6 Å². The lowest BCUT2D eigenvalue weighted by Crippen LogP contribution is -2.09. The van der Waals surface area contributed by atoms with Gasteiger partial charge in [-0.1, -0.05) is 12.1 Å². The Hall–Kier alpha value is -0.940. The lowest BCUT2D eigenvalue weighted by Gasteiger charge is -1.98. The van der Waals surface area contributed by atoms with Gasteiger partial charge in [-0.3, -0.25) is 0 Å².